The quantitative estimate of drug-likeness (QED) is 0.149. The summed E-state index contributed by atoms with van der Waals surface area (Å²) in [6, 6.07) is 66.5. The lowest BCUT2D eigenvalue weighted by molar-refractivity contribution is 0.332. The maximum absolute atomic E-state index is 5.21. The molecule has 3 nitrogen and oxygen atoms in total. The fourth-order valence-electron chi connectivity index (χ4n) is 12.1. The third kappa shape index (κ3) is 7.37. The molecule has 3 aliphatic rings. The highest BCUT2D eigenvalue weighted by Crippen LogP contribution is 2.63. The van der Waals surface area contributed by atoms with Crippen LogP contribution in [0.3, 0.4) is 0 Å². The van der Waals surface area contributed by atoms with Crippen molar-refractivity contribution in [3.63, 3.8) is 0 Å². The number of hydrogen-bond acceptors (Lipinski definition) is 3. The van der Waals surface area contributed by atoms with E-state index < -0.39 is 21.6 Å². The van der Waals surface area contributed by atoms with Gasteiger partial charge in [-0.05, 0) is 120 Å². The van der Waals surface area contributed by atoms with Crippen molar-refractivity contribution in [1.82, 2.24) is 15.0 Å². The summed E-state index contributed by atoms with van der Waals surface area (Å²) in [5, 5.41) is 3.01. The first-order valence-electron chi connectivity index (χ1n) is 25.6. The summed E-state index contributed by atoms with van der Waals surface area (Å²) in [5.41, 5.74) is 21.4. The molecule has 0 saturated heterocycles. The van der Waals surface area contributed by atoms with Crippen LogP contribution in [0.15, 0.2) is 176 Å². The number of fused-ring (bicyclic) bond motifs is 11. The minimum Gasteiger partial charge on any atom is -0.208 e. The minimum atomic E-state index is -1.65. The maximum Gasteiger partial charge on any atom is 0.164 e. The Labute approximate surface area is 423 Å². The second kappa shape index (κ2) is 16.1. The Morgan fingerprint density at radius 3 is 1.32 bits per heavy atom. The van der Waals surface area contributed by atoms with Crippen LogP contribution in [0.25, 0.3) is 78.7 Å². The van der Waals surface area contributed by atoms with Gasteiger partial charge in [0, 0.05) is 16.7 Å². The van der Waals surface area contributed by atoms with Gasteiger partial charge in [0.05, 0.1) is 21.6 Å². The Hall–Kier alpha value is -6.80. The fraction of sp³-hybridized carbons (Fsp3) is 0.227. The van der Waals surface area contributed by atoms with Crippen LogP contribution in [0.4, 0.5) is 0 Å². The van der Waals surface area contributed by atoms with E-state index >= 15 is 0 Å². The summed E-state index contributed by atoms with van der Waals surface area (Å²) in [7, 11) is -3.29. The van der Waals surface area contributed by atoms with Gasteiger partial charge < -0.3 is 0 Å². The van der Waals surface area contributed by atoms with E-state index in [0.717, 1.165) is 28.7 Å². The molecule has 0 saturated carbocycles. The summed E-state index contributed by atoms with van der Waals surface area (Å²) < 4.78 is 0. The van der Waals surface area contributed by atoms with Crippen LogP contribution < -0.4 is 10.4 Å². The van der Waals surface area contributed by atoms with Gasteiger partial charge in [-0.15, -0.1) is 0 Å². The second-order valence-electron chi connectivity index (χ2n) is 23.9. The van der Waals surface area contributed by atoms with E-state index in [4.69, 9.17) is 15.0 Å². The Bertz CT molecular complexity index is 3550. The van der Waals surface area contributed by atoms with Crippen molar-refractivity contribution < 1.29 is 0 Å². The number of benzene rings is 8. The molecule has 0 unspecified atom stereocenters. The molecule has 8 aromatic carbocycles. The molecule has 0 radical (unpaired) electrons. The highest BCUT2D eigenvalue weighted by atomic mass is 28.3. The molecule has 1 aromatic heterocycles. The van der Waals surface area contributed by atoms with Crippen LogP contribution in [0.1, 0.15) is 73.9 Å². The van der Waals surface area contributed by atoms with E-state index in [1.165, 1.54) is 89.1 Å². The predicted octanol–water partition coefficient (Wildman–Crippen LogP) is 16.0. The first kappa shape index (κ1) is 45.3. The zero-order chi connectivity index (χ0) is 49.2. The maximum atomic E-state index is 5.21. The predicted molar refractivity (Wildman–Crippen MR) is 305 cm³/mol. The summed E-state index contributed by atoms with van der Waals surface area (Å²) in [4.78, 5) is 15.4. The van der Waals surface area contributed by atoms with E-state index in [-0.39, 0.29) is 10.8 Å². The van der Waals surface area contributed by atoms with Gasteiger partial charge in [-0.1, -0.05) is 235 Å². The van der Waals surface area contributed by atoms with E-state index in [0.29, 0.717) is 17.5 Å². The topological polar surface area (TPSA) is 38.7 Å². The normalized spacial score (nSPS) is 15.7. The molecule has 350 valence electrons. The Morgan fingerprint density at radius 2 is 0.718 bits per heavy atom. The Kier molecular flexibility index (Phi) is 10.3. The SMILES string of the molecule is CC1(C)CCC(C)(C)c2cc(-c3nc(-c4ccccc4)nc(-c4ccc(-c5cccc(-c6ccc7c(c6)C6(c8ccccc8-7)c7cc([Si](C)(C)C)ccc7-c7ccc([Si](C)(C)C)cc76)c5)cc4)n3)ccc21. The second-order valence-corrected chi connectivity index (χ2v) is 34.1. The van der Waals surface area contributed by atoms with Gasteiger partial charge in [-0.2, -0.15) is 0 Å². The first-order valence-corrected chi connectivity index (χ1v) is 32.6. The zero-order valence-electron chi connectivity index (χ0n) is 43.0. The molecule has 0 bridgehead atoms. The summed E-state index contributed by atoms with van der Waals surface area (Å²) in [6.45, 7) is 24.3. The molecule has 0 amide bonds. The largest absolute Gasteiger partial charge is 0.208 e. The highest BCUT2D eigenvalue weighted by Gasteiger charge is 2.52. The van der Waals surface area contributed by atoms with Crippen molar-refractivity contribution >= 4 is 26.5 Å². The average Bonchev–Trinajstić information content (AvgIpc) is 3.84. The average molecular weight is 954 g/mol. The lowest BCUT2D eigenvalue weighted by atomic mass is 9.63. The summed E-state index contributed by atoms with van der Waals surface area (Å²) in [6.07, 6.45) is 2.32. The molecular formula is C66H63N3Si2. The van der Waals surface area contributed by atoms with Crippen LogP contribution in [0.2, 0.25) is 39.3 Å². The Balaban J connectivity index is 0.945. The van der Waals surface area contributed by atoms with Crippen molar-refractivity contribution in [3.8, 4) is 78.7 Å². The molecule has 1 heterocycles. The molecule has 0 atom stereocenters. The van der Waals surface area contributed by atoms with Gasteiger partial charge in [0.25, 0.3) is 0 Å². The minimum absolute atomic E-state index is 0.0738. The molecule has 0 N–H and O–H groups in total. The van der Waals surface area contributed by atoms with Gasteiger partial charge >= 0.3 is 0 Å². The lowest BCUT2D eigenvalue weighted by Gasteiger charge is -2.42. The number of nitrogens with zero attached hydrogens (tertiary/aromatic N) is 3. The van der Waals surface area contributed by atoms with Crippen LogP contribution in [0.5, 0.6) is 0 Å². The standard InChI is InChI=1S/C66H63N3Si2/c1-64(2)35-36-65(3,4)60-39-48(28-34-56(60)64)63-68-61(43-17-12-11-13-18-43)67-62(69-63)44-25-23-42(24-26-44)45-19-16-20-46(37-45)47-27-31-52-51-21-14-15-22-55(51)66(57(52)38-47)58-40-49(70(5,6)7)29-32-53(58)54-33-30-50(41-59(54)66)71(8,9)10/h11-34,37-41H,35-36H2,1-10H3. The molecule has 9 aromatic rings. The van der Waals surface area contributed by atoms with Crippen molar-refractivity contribution in [2.75, 3.05) is 0 Å². The van der Waals surface area contributed by atoms with Crippen molar-refractivity contribution in [1.29, 1.82) is 0 Å². The summed E-state index contributed by atoms with van der Waals surface area (Å²) in [5.74, 6) is 2.05. The molecule has 1 spiro atoms. The molecule has 0 fully saturated rings. The number of aromatic nitrogens is 3. The molecule has 71 heavy (non-hydrogen) atoms. The highest BCUT2D eigenvalue weighted by molar-refractivity contribution is 6.89. The number of rotatable bonds is 7. The molecule has 3 aliphatic carbocycles. The van der Waals surface area contributed by atoms with Crippen molar-refractivity contribution in [2.45, 2.75) is 96.1 Å². The zero-order valence-corrected chi connectivity index (χ0v) is 45.0. The third-order valence-electron chi connectivity index (χ3n) is 16.4. The van der Waals surface area contributed by atoms with Crippen molar-refractivity contribution in [3.05, 3.63) is 209 Å². The third-order valence-corrected chi connectivity index (χ3v) is 20.5. The van der Waals surface area contributed by atoms with E-state index in [1.54, 1.807) is 0 Å². The van der Waals surface area contributed by atoms with E-state index in [9.17, 15) is 0 Å². The van der Waals surface area contributed by atoms with E-state index in [2.05, 4.69) is 225 Å². The van der Waals surface area contributed by atoms with Gasteiger partial charge in [-0.25, -0.2) is 15.0 Å². The molecule has 5 heteroatoms. The molecule has 12 rings (SSSR count). The van der Waals surface area contributed by atoms with Gasteiger partial charge in [0.1, 0.15) is 0 Å². The fourth-order valence-corrected chi connectivity index (χ4v) is 14.4. The molecule has 0 aliphatic heterocycles. The van der Waals surface area contributed by atoms with Crippen LogP contribution in [-0.4, -0.2) is 31.1 Å². The van der Waals surface area contributed by atoms with Crippen LogP contribution in [-0.2, 0) is 16.2 Å². The van der Waals surface area contributed by atoms with E-state index in [1.807, 2.05) is 18.2 Å². The molecular weight excluding hydrogens is 891 g/mol. The summed E-state index contributed by atoms with van der Waals surface area (Å²) >= 11 is 0. The monoisotopic (exact) mass is 953 g/mol. The Morgan fingerprint density at radius 1 is 0.310 bits per heavy atom. The van der Waals surface area contributed by atoms with Gasteiger partial charge in [0.15, 0.2) is 17.5 Å². The van der Waals surface area contributed by atoms with Gasteiger partial charge in [-0.3, -0.25) is 0 Å². The van der Waals surface area contributed by atoms with Gasteiger partial charge in [0.2, 0.25) is 0 Å². The smallest absolute Gasteiger partial charge is 0.164 e. The first-order chi connectivity index (χ1) is 33.9. The van der Waals surface area contributed by atoms with Crippen LogP contribution in [0, 0.1) is 0 Å². The lowest BCUT2D eigenvalue weighted by Crippen LogP contribution is -2.40. The van der Waals surface area contributed by atoms with Crippen LogP contribution >= 0.6 is 0 Å². The van der Waals surface area contributed by atoms with Crippen molar-refractivity contribution in [2.24, 2.45) is 0 Å². The number of hydrogen-bond donors (Lipinski definition) is 0.